The molecule has 0 saturated carbocycles. The quantitative estimate of drug-likeness (QED) is 0.473. The summed E-state index contributed by atoms with van der Waals surface area (Å²) in [5, 5.41) is 0. The minimum atomic E-state index is 0.773. The topological polar surface area (TPSA) is 12.0 Å². The zero-order chi connectivity index (χ0) is 7.11. The average Bonchev–Trinajstić information content (AvgIpc) is 1.80. The van der Waals surface area contributed by atoms with E-state index in [1.165, 1.54) is 12.2 Å². The fraction of sp³-hybridized carbons (Fsp3) is 1.00. The van der Waals surface area contributed by atoms with E-state index in [1.807, 2.05) is 11.9 Å². The summed E-state index contributed by atoms with van der Waals surface area (Å²) in [6.07, 6.45) is 1.26. The Morgan fingerprint density at radius 2 is 2.11 bits per heavy atom. The van der Waals surface area contributed by atoms with Gasteiger partial charge in [-0.25, -0.2) is 0 Å². The van der Waals surface area contributed by atoms with Crippen LogP contribution in [0.3, 0.4) is 0 Å². The van der Waals surface area contributed by atoms with Crippen molar-refractivity contribution >= 4 is 11.9 Å². The molecule has 0 bridgehead atoms. The number of hydrogen-bond donors (Lipinski definition) is 1. The minimum Gasteiger partial charge on any atom is -0.264 e. The fourth-order valence-electron chi connectivity index (χ4n) is 0.400. The van der Waals surface area contributed by atoms with E-state index in [2.05, 4.69) is 25.5 Å². The summed E-state index contributed by atoms with van der Waals surface area (Å²) >= 11 is 1.83. The van der Waals surface area contributed by atoms with Crippen molar-refractivity contribution in [1.82, 2.24) is 4.72 Å². The Bertz CT molecular complexity index is 54.9. The first-order valence-electron chi connectivity index (χ1n) is 3.62. The van der Waals surface area contributed by atoms with Crippen LogP contribution in [0.15, 0.2) is 0 Å². The molecule has 0 saturated heterocycles. The molecule has 0 aliphatic rings. The summed E-state index contributed by atoms with van der Waals surface area (Å²) in [5.74, 6) is 2.00. The van der Waals surface area contributed by atoms with Crippen LogP contribution in [-0.4, -0.2) is 12.3 Å². The third-order valence-corrected chi connectivity index (χ3v) is 1.88. The van der Waals surface area contributed by atoms with Crippen LogP contribution in [0.4, 0.5) is 0 Å². The maximum atomic E-state index is 3.30. The lowest BCUT2D eigenvalue weighted by Gasteiger charge is -2.04. The molecule has 0 amide bonds. The summed E-state index contributed by atoms with van der Waals surface area (Å²) in [7, 11) is 0. The number of hydrogen-bond acceptors (Lipinski definition) is 2. The normalized spacial score (nSPS) is 10.7. The van der Waals surface area contributed by atoms with Gasteiger partial charge >= 0.3 is 0 Å². The second kappa shape index (κ2) is 6.43. The van der Waals surface area contributed by atoms with E-state index in [0.29, 0.717) is 0 Å². The second-order valence-electron chi connectivity index (χ2n) is 2.59. The monoisotopic (exact) mass is 147 g/mol. The maximum Gasteiger partial charge on any atom is 0.00816 e. The van der Waals surface area contributed by atoms with Crippen LogP contribution < -0.4 is 4.72 Å². The van der Waals surface area contributed by atoms with Crippen molar-refractivity contribution in [3.63, 3.8) is 0 Å². The Balaban J connectivity index is 2.75. The molecule has 0 aromatic heterocycles. The van der Waals surface area contributed by atoms with E-state index in [4.69, 9.17) is 0 Å². The highest BCUT2D eigenvalue weighted by atomic mass is 32.2. The highest BCUT2D eigenvalue weighted by molar-refractivity contribution is 7.97. The van der Waals surface area contributed by atoms with Crippen molar-refractivity contribution in [3.8, 4) is 0 Å². The molecular weight excluding hydrogens is 130 g/mol. The van der Waals surface area contributed by atoms with E-state index in [-0.39, 0.29) is 0 Å². The van der Waals surface area contributed by atoms with E-state index in [1.54, 1.807) is 0 Å². The Labute approximate surface area is 62.7 Å². The molecule has 0 fully saturated rings. The molecule has 0 atom stereocenters. The van der Waals surface area contributed by atoms with Crippen LogP contribution in [0.25, 0.3) is 0 Å². The van der Waals surface area contributed by atoms with Gasteiger partial charge in [-0.2, -0.15) is 0 Å². The van der Waals surface area contributed by atoms with Crippen molar-refractivity contribution < 1.29 is 0 Å². The van der Waals surface area contributed by atoms with Gasteiger partial charge in [0, 0.05) is 12.3 Å². The molecule has 0 spiro atoms. The van der Waals surface area contributed by atoms with Gasteiger partial charge in [0.2, 0.25) is 0 Å². The number of nitrogens with one attached hydrogen (secondary N) is 1. The molecule has 0 aromatic carbocycles. The lowest BCUT2D eigenvalue weighted by Crippen LogP contribution is -2.11. The Morgan fingerprint density at radius 3 is 2.56 bits per heavy atom. The predicted molar refractivity (Wildman–Crippen MR) is 45.6 cm³/mol. The van der Waals surface area contributed by atoms with Gasteiger partial charge in [0.25, 0.3) is 0 Å². The lowest BCUT2D eigenvalue weighted by molar-refractivity contribution is 0.640. The zero-order valence-corrected chi connectivity index (χ0v) is 7.42. The van der Waals surface area contributed by atoms with Gasteiger partial charge in [0.15, 0.2) is 0 Å². The molecule has 0 radical (unpaired) electrons. The van der Waals surface area contributed by atoms with Gasteiger partial charge in [-0.3, -0.25) is 4.72 Å². The first-order valence-corrected chi connectivity index (χ1v) is 4.60. The molecule has 0 aliphatic carbocycles. The van der Waals surface area contributed by atoms with Gasteiger partial charge in [-0.15, -0.1) is 0 Å². The molecule has 0 aromatic rings. The fourth-order valence-corrected chi connectivity index (χ4v) is 1.20. The molecule has 0 heterocycles. The van der Waals surface area contributed by atoms with Crippen molar-refractivity contribution in [2.24, 2.45) is 5.92 Å². The molecular formula is C7H17NS. The van der Waals surface area contributed by atoms with Gasteiger partial charge in [-0.05, 0) is 12.3 Å². The van der Waals surface area contributed by atoms with Gasteiger partial charge < -0.3 is 0 Å². The van der Waals surface area contributed by atoms with Crippen molar-refractivity contribution in [3.05, 3.63) is 0 Å². The Kier molecular flexibility index (Phi) is 6.65. The van der Waals surface area contributed by atoms with Crippen molar-refractivity contribution in [2.45, 2.75) is 27.2 Å². The standard InChI is InChI=1S/C7H17NS/c1-4-5-9-8-6-7(2)3/h7-8H,4-6H2,1-3H3. The summed E-state index contributed by atoms with van der Waals surface area (Å²) in [5.41, 5.74) is 0. The Hall–Kier alpha value is 0.310. The molecule has 1 nitrogen and oxygen atoms in total. The first kappa shape index (κ1) is 9.31. The largest absolute Gasteiger partial charge is 0.264 e. The van der Waals surface area contributed by atoms with Crippen molar-refractivity contribution in [1.29, 1.82) is 0 Å². The molecule has 9 heavy (non-hydrogen) atoms. The third-order valence-electron chi connectivity index (χ3n) is 0.900. The summed E-state index contributed by atoms with van der Waals surface area (Å²) < 4.78 is 3.30. The van der Waals surface area contributed by atoms with E-state index < -0.39 is 0 Å². The lowest BCUT2D eigenvalue weighted by atomic mass is 10.2. The van der Waals surface area contributed by atoms with E-state index in [9.17, 15) is 0 Å². The smallest absolute Gasteiger partial charge is 0.00816 e. The van der Waals surface area contributed by atoms with Crippen LogP contribution in [0.1, 0.15) is 27.2 Å². The molecule has 0 aliphatic heterocycles. The second-order valence-corrected chi connectivity index (χ2v) is 3.58. The SMILES string of the molecule is CCCSNCC(C)C. The zero-order valence-electron chi connectivity index (χ0n) is 6.61. The van der Waals surface area contributed by atoms with Crippen LogP contribution in [0.5, 0.6) is 0 Å². The van der Waals surface area contributed by atoms with E-state index >= 15 is 0 Å². The van der Waals surface area contributed by atoms with Crippen LogP contribution in [0.2, 0.25) is 0 Å². The molecule has 1 N–H and O–H groups in total. The third kappa shape index (κ3) is 8.31. The van der Waals surface area contributed by atoms with Crippen LogP contribution in [-0.2, 0) is 0 Å². The highest BCUT2D eigenvalue weighted by Gasteiger charge is 1.90. The predicted octanol–water partition coefficient (Wildman–Crippen LogP) is 2.29. The Morgan fingerprint density at radius 1 is 1.44 bits per heavy atom. The van der Waals surface area contributed by atoms with Crippen LogP contribution >= 0.6 is 11.9 Å². The summed E-state index contributed by atoms with van der Waals surface area (Å²) in [4.78, 5) is 0. The van der Waals surface area contributed by atoms with Gasteiger partial charge in [-0.1, -0.05) is 32.7 Å². The highest BCUT2D eigenvalue weighted by Crippen LogP contribution is 1.97. The van der Waals surface area contributed by atoms with Gasteiger partial charge in [0.05, 0.1) is 0 Å². The maximum absolute atomic E-state index is 3.30. The van der Waals surface area contributed by atoms with Gasteiger partial charge in [0.1, 0.15) is 0 Å². The first-order chi connectivity index (χ1) is 4.27. The molecule has 56 valence electrons. The summed E-state index contributed by atoms with van der Waals surface area (Å²) in [6.45, 7) is 7.77. The average molecular weight is 147 g/mol. The number of rotatable bonds is 5. The van der Waals surface area contributed by atoms with Crippen LogP contribution in [0, 0.1) is 5.92 Å². The molecule has 0 unspecified atom stereocenters. The van der Waals surface area contributed by atoms with Crippen molar-refractivity contribution in [2.75, 3.05) is 12.3 Å². The molecule has 2 heteroatoms. The van der Waals surface area contributed by atoms with E-state index in [0.717, 1.165) is 12.5 Å². The molecule has 0 rings (SSSR count). The summed E-state index contributed by atoms with van der Waals surface area (Å²) in [6, 6.07) is 0. The minimum absolute atomic E-state index is 0.773.